The fourth-order valence-electron chi connectivity index (χ4n) is 3.00. The van der Waals surface area contributed by atoms with Crippen LogP contribution >= 0.6 is 11.8 Å². The van der Waals surface area contributed by atoms with Gasteiger partial charge in [0.05, 0.1) is 12.7 Å². The van der Waals surface area contributed by atoms with E-state index >= 15 is 0 Å². The number of halogens is 3. The van der Waals surface area contributed by atoms with Crippen LogP contribution in [0.1, 0.15) is 27.0 Å². The molecule has 0 fully saturated rings. The van der Waals surface area contributed by atoms with Crippen LogP contribution < -0.4 is 10.2 Å². The van der Waals surface area contributed by atoms with Gasteiger partial charge in [-0.3, -0.25) is 0 Å². The quantitative estimate of drug-likeness (QED) is 0.271. The van der Waals surface area contributed by atoms with Crippen LogP contribution in [0.5, 0.6) is 0 Å². The molecule has 2 aromatic carbocycles. The van der Waals surface area contributed by atoms with Crippen LogP contribution in [-0.4, -0.2) is 37.1 Å². The van der Waals surface area contributed by atoms with Crippen LogP contribution in [0.2, 0.25) is 0 Å². The van der Waals surface area contributed by atoms with Gasteiger partial charge in [-0.15, -0.1) is 11.8 Å². The summed E-state index contributed by atoms with van der Waals surface area (Å²) in [7, 11) is 4.71. The number of ether oxygens (including phenoxy) is 1. The van der Waals surface area contributed by atoms with E-state index in [1.165, 1.54) is 37.1 Å². The Kier molecular flexibility index (Phi) is 7.80. The summed E-state index contributed by atoms with van der Waals surface area (Å²) < 4.78 is 45.1. The zero-order chi connectivity index (χ0) is 24.0. The van der Waals surface area contributed by atoms with E-state index in [1.807, 2.05) is 30.3 Å². The van der Waals surface area contributed by atoms with Crippen molar-refractivity contribution in [3.05, 3.63) is 76.9 Å². The highest BCUT2D eigenvalue weighted by Crippen LogP contribution is 2.34. The standard InChI is InChI=1S/C23H23F3N4O2S/c1-30(2)22-28-19(27-13-16-11-7-8-12-17(16)23(24,25)26)18(21(31)32-3)20(29-22)33-14-15-9-5-4-6-10-15/h4-12H,13-14H2,1-3H3,(H,27,28,29). The molecule has 0 aliphatic heterocycles. The molecule has 3 aromatic rings. The van der Waals surface area contributed by atoms with Crippen molar-refractivity contribution in [1.29, 1.82) is 0 Å². The van der Waals surface area contributed by atoms with E-state index in [2.05, 4.69) is 15.3 Å². The largest absolute Gasteiger partial charge is 0.465 e. The molecule has 0 saturated heterocycles. The number of hydrogen-bond acceptors (Lipinski definition) is 7. The number of carbonyl (C=O) groups excluding carboxylic acids is 1. The first kappa shape index (κ1) is 24.4. The number of benzene rings is 2. The van der Waals surface area contributed by atoms with Crippen molar-refractivity contribution >= 4 is 29.5 Å². The third-order valence-electron chi connectivity index (χ3n) is 4.64. The van der Waals surface area contributed by atoms with Gasteiger partial charge in [-0.25, -0.2) is 9.78 Å². The summed E-state index contributed by atoms with van der Waals surface area (Å²) >= 11 is 1.32. The SMILES string of the molecule is COC(=O)c1c(NCc2ccccc2C(F)(F)F)nc(N(C)C)nc1SCc1ccccc1. The van der Waals surface area contributed by atoms with Gasteiger partial charge >= 0.3 is 12.1 Å². The molecule has 0 radical (unpaired) electrons. The number of aromatic nitrogens is 2. The maximum atomic E-state index is 13.4. The topological polar surface area (TPSA) is 67.3 Å². The third-order valence-corrected chi connectivity index (χ3v) is 5.69. The lowest BCUT2D eigenvalue weighted by molar-refractivity contribution is -0.138. The monoisotopic (exact) mass is 476 g/mol. The van der Waals surface area contributed by atoms with Crippen molar-refractivity contribution in [2.24, 2.45) is 0 Å². The van der Waals surface area contributed by atoms with Crippen molar-refractivity contribution in [2.45, 2.75) is 23.5 Å². The van der Waals surface area contributed by atoms with E-state index in [1.54, 1.807) is 19.0 Å². The normalized spacial score (nSPS) is 11.2. The molecule has 1 heterocycles. The molecule has 0 amide bonds. The van der Waals surface area contributed by atoms with Gasteiger partial charge in [0.2, 0.25) is 5.95 Å². The first-order chi connectivity index (χ1) is 15.7. The van der Waals surface area contributed by atoms with Gasteiger partial charge in [0.25, 0.3) is 0 Å². The fraction of sp³-hybridized carbons (Fsp3) is 0.261. The molecular weight excluding hydrogens is 453 g/mol. The van der Waals surface area contributed by atoms with Gasteiger partial charge in [-0.2, -0.15) is 18.2 Å². The summed E-state index contributed by atoms with van der Waals surface area (Å²) in [4.78, 5) is 23.1. The number of nitrogens with zero attached hydrogens (tertiary/aromatic N) is 3. The number of methoxy groups -OCH3 is 1. The van der Waals surface area contributed by atoms with Gasteiger partial charge in [0, 0.05) is 26.4 Å². The van der Waals surface area contributed by atoms with Crippen LogP contribution in [0.25, 0.3) is 0 Å². The second kappa shape index (κ2) is 10.6. The van der Waals surface area contributed by atoms with Gasteiger partial charge in [0.1, 0.15) is 16.4 Å². The number of rotatable bonds is 8. The van der Waals surface area contributed by atoms with Crippen molar-refractivity contribution < 1.29 is 22.7 Å². The fourth-order valence-corrected chi connectivity index (χ4v) is 3.97. The van der Waals surface area contributed by atoms with Crippen LogP contribution in [0.3, 0.4) is 0 Å². The lowest BCUT2D eigenvalue weighted by Crippen LogP contribution is -2.19. The molecular formula is C23H23F3N4O2S. The predicted octanol–water partition coefficient (Wildman–Crippen LogP) is 5.25. The summed E-state index contributed by atoms with van der Waals surface area (Å²) in [5.74, 6) is 0.269. The van der Waals surface area contributed by atoms with E-state index in [4.69, 9.17) is 4.74 Å². The summed E-state index contributed by atoms with van der Waals surface area (Å²) in [5.41, 5.74) is 0.382. The molecule has 0 aliphatic carbocycles. The highest BCUT2D eigenvalue weighted by Gasteiger charge is 2.33. The minimum Gasteiger partial charge on any atom is -0.465 e. The van der Waals surface area contributed by atoms with E-state index in [0.717, 1.165) is 11.6 Å². The number of hydrogen-bond donors (Lipinski definition) is 1. The number of esters is 1. The zero-order valence-corrected chi connectivity index (χ0v) is 19.1. The Balaban J connectivity index is 1.99. The van der Waals surface area contributed by atoms with Crippen molar-refractivity contribution in [3.63, 3.8) is 0 Å². The Morgan fingerprint density at radius 2 is 1.73 bits per heavy atom. The number of nitrogens with one attached hydrogen (secondary N) is 1. The maximum absolute atomic E-state index is 13.4. The van der Waals surface area contributed by atoms with Crippen molar-refractivity contribution in [3.8, 4) is 0 Å². The molecule has 0 saturated carbocycles. The van der Waals surface area contributed by atoms with E-state index in [-0.39, 0.29) is 23.5 Å². The first-order valence-corrected chi connectivity index (χ1v) is 10.9. The number of anilines is 2. The molecule has 33 heavy (non-hydrogen) atoms. The second-order valence-electron chi connectivity index (χ2n) is 7.22. The molecule has 3 rings (SSSR count). The smallest absolute Gasteiger partial charge is 0.416 e. The molecule has 1 N–H and O–H groups in total. The van der Waals surface area contributed by atoms with Gasteiger partial charge < -0.3 is 15.0 Å². The summed E-state index contributed by atoms with van der Waals surface area (Å²) in [5, 5.41) is 3.27. The minimum absolute atomic E-state index is 0.0318. The van der Waals surface area contributed by atoms with Crippen LogP contribution in [0.15, 0.2) is 59.6 Å². The lowest BCUT2D eigenvalue weighted by atomic mass is 10.1. The molecule has 0 unspecified atom stereocenters. The van der Waals surface area contributed by atoms with E-state index in [9.17, 15) is 18.0 Å². The van der Waals surface area contributed by atoms with Gasteiger partial charge in [0.15, 0.2) is 0 Å². The minimum atomic E-state index is -4.50. The predicted molar refractivity (Wildman–Crippen MR) is 122 cm³/mol. The first-order valence-electron chi connectivity index (χ1n) is 9.94. The van der Waals surface area contributed by atoms with Crippen LogP contribution in [0.4, 0.5) is 24.9 Å². The number of thioether (sulfide) groups is 1. The molecule has 6 nitrogen and oxygen atoms in total. The average Bonchev–Trinajstić information content (AvgIpc) is 2.80. The summed E-state index contributed by atoms with van der Waals surface area (Å²) in [6, 6.07) is 14.9. The molecule has 0 spiro atoms. The molecule has 0 aliphatic rings. The number of alkyl halides is 3. The zero-order valence-electron chi connectivity index (χ0n) is 18.3. The van der Waals surface area contributed by atoms with E-state index in [0.29, 0.717) is 16.7 Å². The van der Waals surface area contributed by atoms with Crippen LogP contribution in [0, 0.1) is 0 Å². The summed E-state index contributed by atoms with van der Waals surface area (Å²) in [6.07, 6.45) is -4.50. The van der Waals surface area contributed by atoms with Crippen molar-refractivity contribution in [2.75, 3.05) is 31.4 Å². The van der Waals surface area contributed by atoms with Gasteiger partial charge in [-0.05, 0) is 17.2 Å². The Hall–Kier alpha value is -3.27. The van der Waals surface area contributed by atoms with E-state index < -0.39 is 17.7 Å². The molecule has 0 atom stereocenters. The summed E-state index contributed by atoms with van der Waals surface area (Å²) in [6.45, 7) is -0.188. The van der Waals surface area contributed by atoms with Crippen LogP contribution in [-0.2, 0) is 23.2 Å². The Morgan fingerprint density at radius 1 is 1.06 bits per heavy atom. The third kappa shape index (κ3) is 6.16. The van der Waals surface area contributed by atoms with Gasteiger partial charge in [-0.1, -0.05) is 48.5 Å². The highest BCUT2D eigenvalue weighted by molar-refractivity contribution is 7.98. The average molecular weight is 477 g/mol. The lowest BCUT2D eigenvalue weighted by Gasteiger charge is -2.19. The Labute approximate surface area is 194 Å². The Bertz CT molecular complexity index is 1110. The van der Waals surface area contributed by atoms with Crippen molar-refractivity contribution in [1.82, 2.24) is 9.97 Å². The number of carbonyl (C=O) groups is 1. The molecule has 1 aromatic heterocycles. The Morgan fingerprint density at radius 3 is 2.36 bits per heavy atom. The second-order valence-corrected chi connectivity index (χ2v) is 8.19. The highest BCUT2D eigenvalue weighted by atomic mass is 32.2. The maximum Gasteiger partial charge on any atom is 0.416 e. The molecule has 0 bridgehead atoms. The molecule has 174 valence electrons. The molecule has 10 heteroatoms.